The second-order valence-electron chi connectivity index (χ2n) is 5.30. The molecule has 1 saturated carbocycles. The van der Waals surface area contributed by atoms with E-state index in [-0.39, 0.29) is 0 Å². The van der Waals surface area contributed by atoms with Crippen LogP contribution in [0.1, 0.15) is 71.6 Å². The first-order valence-corrected chi connectivity index (χ1v) is 7.04. The summed E-state index contributed by atoms with van der Waals surface area (Å²) in [7, 11) is 0. The molecule has 1 fully saturated rings. The van der Waals surface area contributed by atoms with E-state index < -0.39 is 0 Å². The molecule has 0 atom stereocenters. The maximum Gasteiger partial charge on any atom is 0.000770 e. The van der Waals surface area contributed by atoms with Gasteiger partial charge in [-0.05, 0) is 31.2 Å². The highest BCUT2D eigenvalue weighted by Crippen LogP contribution is 2.49. The van der Waals surface area contributed by atoms with E-state index in [9.17, 15) is 0 Å². The molecule has 90 valence electrons. The quantitative estimate of drug-likeness (QED) is 0.536. The van der Waals surface area contributed by atoms with Gasteiger partial charge in [-0.1, -0.05) is 52.4 Å². The Balaban J connectivity index is 1.90. The van der Waals surface area contributed by atoms with Crippen LogP contribution in [0.25, 0.3) is 0 Å². The fourth-order valence-corrected chi connectivity index (χ4v) is 2.36. The number of nitrogens with one attached hydrogen (secondary N) is 1. The summed E-state index contributed by atoms with van der Waals surface area (Å²) in [5, 5.41) is 3.51. The maximum absolute atomic E-state index is 3.51. The molecule has 0 aromatic rings. The second kappa shape index (κ2) is 7.27. The van der Waals surface area contributed by atoms with Crippen LogP contribution in [-0.4, -0.2) is 13.1 Å². The molecule has 1 aliphatic rings. The van der Waals surface area contributed by atoms with Gasteiger partial charge in [0.1, 0.15) is 0 Å². The van der Waals surface area contributed by atoms with Gasteiger partial charge >= 0.3 is 0 Å². The predicted octanol–water partition coefficient (Wildman–Crippen LogP) is 4.13. The monoisotopic (exact) mass is 211 g/mol. The van der Waals surface area contributed by atoms with E-state index >= 15 is 0 Å². The highest BCUT2D eigenvalue weighted by atomic mass is 14.9. The van der Waals surface area contributed by atoms with E-state index in [1.807, 2.05) is 0 Å². The highest BCUT2D eigenvalue weighted by molar-refractivity contribution is 4.94. The lowest BCUT2D eigenvalue weighted by atomic mass is 9.97. The Kier molecular flexibility index (Phi) is 6.31. The minimum absolute atomic E-state index is 0.737. The Morgan fingerprint density at radius 3 is 2.20 bits per heavy atom. The van der Waals surface area contributed by atoms with Gasteiger partial charge in [-0.3, -0.25) is 0 Å². The standard InChI is InChI=1S/C14H29N/c1-3-5-6-7-8-9-10-14(11-12-14)13-15-4-2/h15H,3-13H2,1-2H3. The van der Waals surface area contributed by atoms with Gasteiger partial charge in [-0.2, -0.15) is 0 Å². The van der Waals surface area contributed by atoms with Crippen LogP contribution < -0.4 is 5.32 Å². The molecule has 1 N–H and O–H groups in total. The zero-order valence-corrected chi connectivity index (χ0v) is 10.8. The summed E-state index contributed by atoms with van der Waals surface area (Å²) in [6, 6.07) is 0. The molecule has 0 unspecified atom stereocenters. The van der Waals surface area contributed by atoms with E-state index in [1.165, 1.54) is 64.3 Å². The Bertz CT molecular complexity index is 149. The molecule has 1 heteroatoms. The van der Waals surface area contributed by atoms with Crippen molar-refractivity contribution in [3.05, 3.63) is 0 Å². The highest BCUT2D eigenvalue weighted by Gasteiger charge is 2.40. The summed E-state index contributed by atoms with van der Waals surface area (Å²) in [5.74, 6) is 0. The third-order valence-electron chi connectivity index (χ3n) is 3.77. The van der Waals surface area contributed by atoms with Crippen molar-refractivity contribution in [1.82, 2.24) is 5.32 Å². The summed E-state index contributed by atoms with van der Waals surface area (Å²) in [5.41, 5.74) is 0.737. The third-order valence-corrected chi connectivity index (χ3v) is 3.77. The molecule has 1 rings (SSSR count). The average Bonchev–Trinajstić information content (AvgIpc) is 3.01. The van der Waals surface area contributed by atoms with E-state index in [2.05, 4.69) is 19.2 Å². The molecule has 1 nitrogen and oxygen atoms in total. The second-order valence-corrected chi connectivity index (χ2v) is 5.30. The topological polar surface area (TPSA) is 12.0 Å². The van der Waals surface area contributed by atoms with Gasteiger partial charge in [0.05, 0.1) is 0 Å². The molecule has 15 heavy (non-hydrogen) atoms. The lowest BCUT2D eigenvalue weighted by Crippen LogP contribution is -2.23. The SMILES string of the molecule is CCCCCCCCC1(CNCC)CC1. The van der Waals surface area contributed by atoms with Crippen LogP contribution in [0.2, 0.25) is 0 Å². The largest absolute Gasteiger partial charge is 0.316 e. The number of rotatable bonds is 10. The van der Waals surface area contributed by atoms with Crippen molar-refractivity contribution in [3.63, 3.8) is 0 Å². The normalized spacial score (nSPS) is 18.0. The number of hydrogen-bond acceptors (Lipinski definition) is 1. The molecule has 0 aromatic heterocycles. The minimum atomic E-state index is 0.737. The molecule has 1 aliphatic carbocycles. The van der Waals surface area contributed by atoms with E-state index in [0.29, 0.717) is 0 Å². The maximum atomic E-state index is 3.51. The first kappa shape index (κ1) is 13.0. The molecular weight excluding hydrogens is 182 g/mol. The van der Waals surface area contributed by atoms with Gasteiger partial charge in [0, 0.05) is 6.54 Å². The van der Waals surface area contributed by atoms with Gasteiger partial charge in [0.15, 0.2) is 0 Å². The van der Waals surface area contributed by atoms with Crippen LogP contribution in [0.3, 0.4) is 0 Å². The van der Waals surface area contributed by atoms with Crippen molar-refractivity contribution >= 4 is 0 Å². The van der Waals surface area contributed by atoms with Crippen molar-refractivity contribution < 1.29 is 0 Å². The van der Waals surface area contributed by atoms with E-state index in [4.69, 9.17) is 0 Å². The molecular formula is C14H29N. The summed E-state index contributed by atoms with van der Waals surface area (Å²) >= 11 is 0. The van der Waals surface area contributed by atoms with Gasteiger partial charge in [0.25, 0.3) is 0 Å². The van der Waals surface area contributed by atoms with Gasteiger partial charge < -0.3 is 5.32 Å². The van der Waals surface area contributed by atoms with Crippen LogP contribution in [0, 0.1) is 5.41 Å². The summed E-state index contributed by atoms with van der Waals surface area (Å²) < 4.78 is 0. The van der Waals surface area contributed by atoms with Crippen molar-refractivity contribution in [2.45, 2.75) is 71.6 Å². The van der Waals surface area contributed by atoms with Crippen molar-refractivity contribution in [3.8, 4) is 0 Å². The summed E-state index contributed by atoms with van der Waals surface area (Å²) in [6.45, 7) is 6.91. The zero-order valence-electron chi connectivity index (χ0n) is 10.8. The smallest absolute Gasteiger partial charge is 0.000770 e. The fraction of sp³-hybridized carbons (Fsp3) is 1.00. The third kappa shape index (κ3) is 5.55. The van der Waals surface area contributed by atoms with E-state index in [1.54, 1.807) is 0 Å². The Hall–Kier alpha value is -0.0400. The minimum Gasteiger partial charge on any atom is -0.316 e. The fourth-order valence-electron chi connectivity index (χ4n) is 2.36. The molecule has 0 spiro atoms. The van der Waals surface area contributed by atoms with Gasteiger partial charge in [-0.15, -0.1) is 0 Å². The summed E-state index contributed by atoms with van der Waals surface area (Å²) in [4.78, 5) is 0. The van der Waals surface area contributed by atoms with Crippen LogP contribution in [-0.2, 0) is 0 Å². The van der Waals surface area contributed by atoms with Crippen molar-refractivity contribution in [1.29, 1.82) is 0 Å². The molecule has 0 bridgehead atoms. The average molecular weight is 211 g/mol. The number of hydrogen-bond donors (Lipinski definition) is 1. The summed E-state index contributed by atoms with van der Waals surface area (Å²) in [6.07, 6.45) is 13.1. The molecule has 0 amide bonds. The Morgan fingerprint density at radius 1 is 0.933 bits per heavy atom. The van der Waals surface area contributed by atoms with Crippen molar-refractivity contribution in [2.24, 2.45) is 5.41 Å². The van der Waals surface area contributed by atoms with Crippen LogP contribution in [0.5, 0.6) is 0 Å². The van der Waals surface area contributed by atoms with E-state index in [0.717, 1.165) is 12.0 Å². The predicted molar refractivity (Wildman–Crippen MR) is 68.2 cm³/mol. The molecule has 0 saturated heterocycles. The molecule has 0 heterocycles. The Labute approximate surface area is 96.0 Å². The molecule has 0 aliphatic heterocycles. The van der Waals surface area contributed by atoms with Crippen LogP contribution in [0.15, 0.2) is 0 Å². The number of unbranched alkanes of at least 4 members (excludes halogenated alkanes) is 5. The zero-order chi connectivity index (χ0) is 11.0. The molecule has 0 aromatic carbocycles. The lowest BCUT2D eigenvalue weighted by molar-refractivity contribution is 0.407. The van der Waals surface area contributed by atoms with Gasteiger partial charge in [0.2, 0.25) is 0 Å². The van der Waals surface area contributed by atoms with Crippen molar-refractivity contribution in [2.75, 3.05) is 13.1 Å². The molecule has 0 radical (unpaired) electrons. The first-order valence-electron chi connectivity index (χ1n) is 7.04. The van der Waals surface area contributed by atoms with Crippen LogP contribution >= 0.6 is 0 Å². The lowest BCUT2D eigenvalue weighted by Gasteiger charge is -2.14. The first-order chi connectivity index (χ1) is 7.33. The van der Waals surface area contributed by atoms with Crippen LogP contribution in [0.4, 0.5) is 0 Å². The Morgan fingerprint density at radius 2 is 1.60 bits per heavy atom. The van der Waals surface area contributed by atoms with Gasteiger partial charge in [-0.25, -0.2) is 0 Å².